The van der Waals surface area contributed by atoms with Crippen LogP contribution < -0.4 is 0 Å². The minimum atomic E-state index is -4.36. The molecule has 5 heteroatoms. The summed E-state index contributed by atoms with van der Waals surface area (Å²) in [5.41, 5.74) is -0.388. The zero-order valence-corrected chi connectivity index (χ0v) is 9.67. The largest absolute Gasteiger partial charge is 0.416 e. The molecule has 2 rings (SSSR count). The minimum absolute atomic E-state index is 0.0907. The van der Waals surface area contributed by atoms with E-state index in [1.165, 1.54) is 12.1 Å². The monoisotopic (exact) mass is 258 g/mol. The molecule has 0 unspecified atom stereocenters. The maximum Gasteiger partial charge on any atom is 0.416 e. The smallest absolute Gasteiger partial charge is 0.381 e. The number of alkyl halides is 3. The van der Waals surface area contributed by atoms with Crippen LogP contribution >= 0.6 is 0 Å². The lowest BCUT2D eigenvalue weighted by Gasteiger charge is -2.20. The van der Waals surface area contributed by atoms with Gasteiger partial charge < -0.3 is 4.74 Å². The highest BCUT2D eigenvalue weighted by Crippen LogP contribution is 2.29. The number of carbonyl (C=O) groups is 1. The number of halogens is 3. The molecule has 1 heterocycles. The molecule has 0 atom stereocenters. The summed E-state index contributed by atoms with van der Waals surface area (Å²) in [4.78, 5) is 12.0. The van der Waals surface area contributed by atoms with E-state index in [0.717, 1.165) is 12.1 Å². The van der Waals surface area contributed by atoms with Crippen LogP contribution in [0.5, 0.6) is 0 Å². The van der Waals surface area contributed by atoms with E-state index < -0.39 is 11.7 Å². The van der Waals surface area contributed by atoms with Gasteiger partial charge in [-0.3, -0.25) is 4.79 Å². The first-order valence-electron chi connectivity index (χ1n) is 5.77. The van der Waals surface area contributed by atoms with Gasteiger partial charge in [-0.1, -0.05) is 12.1 Å². The van der Waals surface area contributed by atoms with Gasteiger partial charge in [0.05, 0.1) is 5.56 Å². The van der Waals surface area contributed by atoms with Crippen molar-refractivity contribution in [2.24, 2.45) is 5.92 Å². The quantitative estimate of drug-likeness (QED) is 0.761. The molecule has 18 heavy (non-hydrogen) atoms. The molecule has 1 fully saturated rings. The highest BCUT2D eigenvalue weighted by molar-refractivity contribution is 5.97. The summed E-state index contributed by atoms with van der Waals surface area (Å²) in [7, 11) is 0. The van der Waals surface area contributed by atoms with Gasteiger partial charge in [-0.15, -0.1) is 0 Å². The Hall–Kier alpha value is -1.36. The van der Waals surface area contributed by atoms with E-state index in [2.05, 4.69) is 0 Å². The summed E-state index contributed by atoms with van der Waals surface area (Å²) in [5, 5.41) is 0. The van der Waals surface area contributed by atoms with Gasteiger partial charge in [0.1, 0.15) is 0 Å². The molecule has 0 saturated carbocycles. The lowest BCUT2D eigenvalue weighted by atomic mass is 9.91. The number of benzene rings is 1. The second-order valence-corrected chi connectivity index (χ2v) is 4.33. The Morgan fingerprint density at radius 1 is 1.11 bits per heavy atom. The molecule has 0 spiro atoms. The Labute approximate surface area is 103 Å². The van der Waals surface area contributed by atoms with Crippen molar-refractivity contribution < 1.29 is 22.7 Å². The zero-order valence-electron chi connectivity index (χ0n) is 9.67. The lowest BCUT2D eigenvalue weighted by molar-refractivity contribution is -0.137. The fraction of sp³-hybridized carbons (Fsp3) is 0.462. The van der Waals surface area contributed by atoms with E-state index in [0.29, 0.717) is 31.6 Å². The molecule has 1 aliphatic heterocycles. The maximum absolute atomic E-state index is 12.4. The van der Waals surface area contributed by atoms with E-state index in [4.69, 9.17) is 4.74 Å². The van der Waals surface area contributed by atoms with Crippen LogP contribution in [0.2, 0.25) is 0 Å². The Morgan fingerprint density at radius 2 is 1.67 bits per heavy atom. The normalized spacial score (nSPS) is 17.7. The summed E-state index contributed by atoms with van der Waals surface area (Å²) < 4.78 is 42.3. The van der Waals surface area contributed by atoms with Crippen LogP contribution in [0.15, 0.2) is 24.3 Å². The summed E-state index contributed by atoms with van der Waals surface area (Å²) in [6, 6.07) is 4.40. The molecule has 2 nitrogen and oxygen atoms in total. The molecule has 1 aromatic rings. The van der Waals surface area contributed by atoms with Gasteiger partial charge in [0.2, 0.25) is 0 Å². The van der Waals surface area contributed by atoms with Crippen LogP contribution in [0, 0.1) is 5.92 Å². The van der Waals surface area contributed by atoms with E-state index in [1.807, 2.05) is 0 Å². The first kappa shape index (κ1) is 13.1. The standard InChI is InChI=1S/C13H13F3O2/c14-13(15,16)11-3-1-9(2-4-11)12(17)10-5-7-18-8-6-10/h1-4,10H,5-8H2. The van der Waals surface area contributed by atoms with Crippen LogP contribution in [0.1, 0.15) is 28.8 Å². The predicted molar refractivity (Wildman–Crippen MR) is 59.3 cm³/mol. The molecular weight excluding hydrogens is 245 g/mol. The number of ether oxygens (including phenoxy) is 1. The topological polar surface area (TPSA) is 26.3 Å². The molecule has 0 aliphatic carbocycles. The number of hydrogen-bond donors (Lipinski definition) is 0. The van der Waals surface area contributed by atoms with Crippen molar-refractivity contribution in [1.82, 2.24) is 0 Å². The highest BCUT2D eigenvalue weighted by atomic mass is 19.4. The number of rotatable bonds is 2. The van der Waals surface area contributed by atoms with Crippen LogP contribution in [0.25, 0.3) is 0 Å². The fourth-order valence-electron chi connectivity index (χ4n) is 2.02. The Balaban J connectivity index is 2.11. The molecule has 0 aromatic heterocycles. The molecule has 98 valence electrons. The summed E-state index contributed by atoms with van der Waals surface area (Å²) >= 11 is 0. The van der Waals surface area contributed by atoms with Crippen LogP contribution in [0.4, 0.5) is 13.2 Å². The van der Waals surface area contributed by atoms with Gasteiger partial charge in [0.15, 0.2) is 5.78 Å². The van der Waals surface area contributed by atoms with E-state index in [-0.39, 0.29) is 11.7 Å². The minimum Gasteiger partial charge on any atom is -0.381 e. The number of ketones is 1. The Morgan fingerprint density at radius 3 is 2.17 bits per heavy atom. The molecule has 0 amide bonds. The second-order valence-electron chi connectivity index (χ2n) is 4.33. The van der Waals surface area contributed by atoms with Crippen LogP contribution in [-0.2, 0) is 10.9 Å². The maximum atomic E-state index is 12.4. The van der Waals surface area contributed by atoms with Crippen molar-refractivity contribution in [2.45, 2.75) is 19.0 Å². The average Bonchev–Trinajstić information content (AvgIpc) is 2.38. The molecular formula is C13H13F3O2. The van der Waals surface area contributed by atoms with Crippen molar-refractivity contribution in [2.75, 3.05) is 13.2 Å². The first-order chi connectivity index (χ1) is 8.48. The fourth-order valence-corrected chi connectivity index (χ4v) is 2.02. The SMILES string of the molecule is O=C(c1ccc(C(F)(F)F)cc1)C1CCOCC1. The van der Waals surface area contributed by atoms with Crippen molar-refractivity contribution >= 4 is 5.78 Å². The van der Waals surface area contributed by atoms with Crippen molar-refractivity contribution in [3.63, 3.8) is 0 Å². The second kappa shape index (κ2) is 5.10. The van der Waals surface area contributed by atoms with Gasteiger partial charge >= 0.3 is 6.18 Å². The number of carbonyl (C=O) groups excluding carboxylic acids is 1. The molecule has 1 aromatic carbocycles. The third-order valence-corrected chi connectivity index (χ3v) is 3.09. The lowest BCUT2D eigenvalue weighted by Crippen LogP contribution is -2.23. The van der Waals surface area contributed by atoms with Gasteiger partial charge in [-0.05, 0) is 25.0 Å². The highest BCUT2D eigenvalue weighted by Gasteiger charge is 2.30. The summed E-state index contributed by atoms with van der Waals surface area (Å²) in [6.45, 7) is 1.08. The molecule has 1 saturated heterocycles. The van der Waals surface area contributed by atoms with Crippen molar-refractivity contribution in [1.29, 1.82) is 0 Å². The molecule has 0 radical (unpaired) electrons. The number of hydrogen-bond acceptors (Lipinski definition) is 2. The summed E-state index contributed by atoms with van der Waals surface area (Å²) in [5.74, 6) is -0.220. The van der Waals surface area contributed by atoms with Crippen LogP contribution in [-0.4, -0.2) is 19.0 Å². The third kappa shape index (κ3) is 2.90. The van der Waals surface area contributed by atoms with Gasteiger partial charge in [0.25, 0.3) is 0 Å². The van der Waals surface area contributed by atoms with E-state index in [9.17, 15) is 18.0 Å². The first-order valence-corrected chi connectivity index (χ1v) is 5.77. The summed E-state index contributed by atoms with van der Waals surface area (Å²) in [6.07, 6.45) is -3.08. The van der Waals surface area contributed by atoms with Crippen molar-refractivity contribution in [3.05, 3.63) is 35.4 Å². The average molecular weight is 258 g/mol. The van der Waals surface area contributed by atoms with Gasteiger partial charge in [-0.25, -0.2) is 0 Å². The zero-order chi connectivity index (χ0) is 13.2. The Bertz CT molecular complexity index is 417. The van der Waals surface area contributed by atoms with Crippen LogP contribution in [0.3, 0.4) is 0 Å². The van der Waals surface area contributed by atoms with E-state index >= 15 is 0 Å². The van der Waals surface area contributed by atoms with E-state index in [1.54, 1.807) is 0 Å². The molecule has 0 N–H and O–H groups in total. The molecule has 1 aliphatic rings. The third-order valence-electron chi connectivity index (χ3n) is 3.09. The van der Waals surface area contributed by atoms with Gasteiger partial charge in [-0.2, -0.15) is 13.2 Å². The van der Waals surface area contributed by atoms with Crippen molar-refractivity contribution in [3.8, 4) is 0 Å². The number of Topliss-reactive ketones (excluding diaryl/α,β-unsaturated/α-hetero) is 1. The molecule has 0 bridgehead atoms. The predicted octanol–water partition coefficient (Wildman–Crippen LogP) is 3.31. The Kier molecular flexibility index (Phi) is 3.71. The van der Waals surface area contributed by atoms with Gasteiger partial charge in [0, 0.05) is 24.7 Å².